The van der Waals surface area contributed by atoms with Crippen LogP contribution in [-0.4, -0.2) is 0 Å². The Bertz CT molecular complexity index is 782. The van der Waals surface area contributed by atoms with Crippen molar-refractivity contribution in [3.05, 3.63) is 108 Å². The van der Waals surface area contributed by atoms with Gasteiger partial charge in [-0.1, -0.05) is 97.9 Å². The molecule has 3 aromatic carbocycles. The number of rotatable bonds is 3. The Hall–Kier alpha value is -2.38. The SMILES string of the molecule is C[C@]1(c2ccccc2)C[C@@H](c2ccccc2)N[C@H]1c1ccccc1. The van der Waals surface area contributed by atoms with Crippen LogP contribution in [0.2, 0.25) is 0 Å². The highest BCUT2D eigenvalue weighted by Gasteiger charge is 2.45. The molecule has 120 valence electrons. The normalized spacial score (nSPS) is 26.4. The molecule has 0 spiro atoms. The van der Waals surface area contributed by atoms with Gasteiger partial charge in [0, 0.05) is 17.5 Å². The Labute approximate surface area is 144 Å². The highest BCUT2D eigenvalue weighted by atomic mass is 15.0. The molecular weight excluding hydrogens is 290 g/mol. The van der Waals surface area contributed by atoms with Crippen molar-refractivity contribution in [2.45, 2.75) is 30.8 Å². The Morgan fingerprint density at radius 3 is 1.79 bits per heavy atom. The molecule has 24 heavy (non-hydrogen) atoms. The topological polar surface area (TPSA) is 12.0 Å². The molecule has 1 aliphatic rings. The van der Waals surface area contributed by atoms with Crippen molar-refractivity contribution in [3.63, 3.8) is 0 Å². The van der Waals surface area contributed by atoms with Gasteiger partial charge in [-0.2, -0.15) is 0 Å². The first kappa shape index (κ1) is 15.2. The second-order valence-electron chi connectivity index (χ2n) is 6.96. The molecule has 1 aliphatic heterocycles. The zero-order valence-corrected chi connectivity index (χ0v) is 14.0. The van der Waals surface area contributed by atoms with Gasteiger partial charge >= 0.3 is 0 Å². The first-order chi connectivity index (χ1) is 11.8. The average molecular weight is 313 g/mol. The van der Waals surface area contributed by atoms with Crippen molar-refractivity contribution in [3.8, 4) is 0 Å². The predicted octanol–water partition coefficient (Wildman–Crippen LogP) is 5.42. The Morgan fingerprint density at radius 2 is 1.21 bits per heavy atom. The maximum absolute atomic E-state index is 3.91. The van der Waals surface area contributed by atoms with E-state index in [2.05, 4.69) is 103 Å². The third-order valence-corrected chi connectivity index (χ3v) is 5.40. The van der Waals surface area contributed by atoms with Crippen LogP contribution in [0, 0.1) is 0 Å². The summed E-state index contributed by atoms with van der Waals surface area (Å²) >= 11 is 0. The molecule has 0 unspecified atom stereocenters. The third kappa shape index (κ3) is 2.65. The van der Waals surface area contributed by atoms with E-state index >= 15 is 0 Å². The fourth-order valence-corrected chi connectivity index (χ4v) is 4.10. The Balaban J connectivity index is 1.77. The number of hydrogen-bond donors (Lipinski definition) is 1. The van der Waals surface area contributed by atoms with Crippen LogP contribution in [0.5, 0.6) is 0 Å². The largest absolute Gasteiger partial charge is 0.302 e. The van der Waals surface area contributed by atoms with Gasteiger partial charge in [-0.3, -0.25) is 0 Å². The highest BCUT2D eigenvalue weighted by Crippen LogP contribution is 2.49. The lowest BCUT2D eigenvalue weighted by Crippen LogP contribution is -2.30. The molecule has 3 aromatic rings. The summed E-state index contributed by atoms with van der Waals surface area (Å²) in [6, 6.07) is 33.3. The van der Waals surface area contributed by atoms with Crippen molar-refractivity contribution in [1.82, 2.24) is 5.32 Å². The predicted molar refractivity (Wildman–Crippen MR) is 99.9 cm³/mol. The molecule has 1 nitrogen and oxygen atoms in total. The Morgan fingerprint density at radius 1 is 0.708 bits per heavy atom. The van der Waals surface area contributed by atoms with Gasteiger partial charge in [-0.25, -0.2) is 0 Å². The fraction of sp³-hybridized carbons (Fsp3) is 0.217. The summed E-state index contributed by atoms with van der Waals surface area (Å²) < 4.78 is 0. The smallest absolute Gasteiger partial charge is 0.0421 e. The van der Waals surface area contributed by atoms with E-state index < -0.39 is 0 Å². The van der Waals surface area contributed by atoms with Crippen molar-refractivity contribution in [2.24, 2.45) is 0 Å². The summed E-state index contributed by atoms with van der Waals surface area (Å²) in [5.74, 6) is 0. The van der Waals surface area contributed by atoms with Crippen LogP contribution in [0.4, 0.5) is 0 Å². The van der Waals surface area contributed by atoms with E-state index in [1.165, 1.54) is 16.7 Å². The van der Waals surface area contributed by atoms with Gasteiger partial charge in [0.15, 0.2) is 0 Å². The summed E-state index contributed by atoms with van der Waals surface area (Å²) in [6.45, 7) is 2.40. The van der Waals surface area contributed by atoms with Crippen LogP contribution in [0.15, 0.2) is 91.0 Å². The molecule has 1 saturated heterocycles. The molecule has 3 atom stereocenters. The minimum absolute atomic E-state index is 0.0725. The summed E-state index contributed by atoms with van der Waals surface area (Å²) in [5, 5.41) is 3.91. The molecule has 0 amide bonds. The minimum Gasteiger partial charge on any atom is -0.302 e. The summed E-state index contributed by atoms with van der Waals surface area (Å²) in [5.41, 5.74) is 4.22. The first-order valence-corrected chi connectivity index (χ1v) is 8.69. The van der Waals surface area contributed by atoms with E-state index in [9.17, 15) is 0 Å². The standard InChI is InChI=1S/C23H23N/c1-23(20-15-9-4-10-16-20)17-21(18-11-5-2-6-12-18)24-22(23)19-13-7-3-8-14-19/h2-16,21-22,24H,17H2,1H3/t21-,22-,23+/m0/s1. The van der Waals surface area contributed by atoms with Crippen LogP contribution >= 0.6 is 0 Å². The molecule has 1 fully saturated rings. The fourth-order valence-electron chi connectivity index (χ4n) is 4.10. The van der Waals surface area contributed by atoms with Gasteiger partial charge in [0.05, 0.1) is 0 Å². The number of nitrogens with one attached hydrogen (secondary N) is 1. The zero-order chi connectivity index (χ0) is 16.4. The van der Waals surface area contributed by atoms with Gasteiger partial charge in [-0.15, -0.1) is 0 Å². The second-order valence-corrected chi connectivity index (χ2v) is 6.96. The van der Waals surface area contributed by atoms with Crippen LogP contribution in [0.3, 0.4) is 0 Å². The van der Waals surface area contributed by atoms with Crippen molar-refractivity contribution < 1.29 is 0 Å². The maximum atomic E-state index is 3.91. The molecule has 0 radical (unpaired) electrons. The van der Waals surface area contributed by atoms with E-state index in [0.717, 1.165) is 6.42 Å². The maximum Gasteiger partial charge on any atom is 0.0421 e. The van der Waals surface area contributed by atoms with E-state index in [1.54, 1.807) is 0 Å². The van der Waals surface area contributed by atoms with Crippen LogP contribution in [0.25, 0.3) is 0 Å². The summed E-state index contributed by atoms with van der Waals surface area (Å²) in [6.07, 6.45) is 1.10. The first-order valence-electron chi connectivity index (χ1n) is 8.69. The van der Waals surface area contributed by atoms with Crippen LogP contribution in [0.1, 0.15) is 42.1 Å². The molecule has 0 bridgehead atoms. The van der Waals surface area contributed by atoms with E-state index in [1.807, 2.05) is 0 Å². The van der Waals surface area contributed by atoms with Gasteiger partial charge < -0.3 is 5.32 Å². The molecule has 4 rings (SSSR count). The quantitative estimate of drug-likeness (QED) is 0.681. The lowest BCUT2D eigenvalue weighted by molar-refractivity contribution is 0.414. The van der Waals surface area contributed by atoms with Crippen molar-refractivity contribution in [1.29, 1.82) is 0 Å². The molecule has 0 aromatic heterocycles. The Kier molecular flexibility index (Phi) is 3.95. The molecule has 1 heteroatoms. The molecular formula is C23H23N. The van der Waals surface area contributed by atoms with Gasteiger partial charge in [0.1, 0.15) is 0 Å². The van der Waals surface area contributed by atoms with E-state index in [4.69, 9.17) is 0 Å². The number of benzene rings is 3. The molecule has 1 N–H and O–H groups in total. The third-order valence-electron chi connectivity index (χ3n) is 5.40. The highest BCUT2D eigenvalue weighted by molar-refractivity contribution is 5.37. The van der Waals surface area contributed by atoms with E-state index in [0.29, 0.717) is 12.1 Å². The summed E-state index contributed by atoms with van der Waals surface area (Å²) in [4.78, 5) is 0. The molecule has 1 heterocycles. The van der Waals surface area contributed by atoms with Crippen LogP contribution < -0.4 is 5.32 Å². The minimum atomic E-state index is 0.0725. The monoisotopic (exact) mass is 313 g/mol. The lowest BCUT2D eigenvalue weighted by Gasteiger charge is -2.32. The number of hydrogen-bond acceptors (Lipinski definition) is 1. The molecule has 0 saturated carbocycles. The van der Waals surface area contributed by atoms with Gasteiger partial charge in [-0.05, 0) is 23.1 Å². The van der Waals surface area contributed by atoms with E-state index in [-0.39, 0.29) is 5.41 Å². The van der Waals surface area contributed by atoms with Crippen molar-refractivity contribution >= 4 is 0 Å². The zero-order valence-electron chi connectivity index (χ0n) is 14.0. The lowest BCUT2D eigenvalue weighted by atomic mass is 9.73. The average Bonchev–Trinajstić information content (AvgIpc) is 3.03. The summed E-state index contributed by atoms with van der Waals surface area (Å²) in [7, 11) is 0. The van der Waals surface area contributed by atoms with Crippen molar-refractivity contribution in [2.75, 3.05) is 0 Å². The van der Waals surface area contributed by atoms with Gasteiger partial charge in [0.25, 0.3) is 0 Å². The molecule has 0 aliphatic carbocycles. The van der Waals surface area contributed by atoms with Gasteiger partial charge in [0.2, 0.25) is 0 Å². The van der Waals surface area contributed by atoms with Crippen LogP contribution in [-0.2, 0) is 5.41 Å². The second kappa shape index (κ2) is 6.26.